The van der Waals surface area contributed by atoms with Gasteiger partial charge in [0.15, 0.2) is 0 Å². The van der Waals surface area contributed by atoms with E-state index in [-0.39, 0.29) is 11.1 Å². The summed E-state index contributed by atoms with van der Waals surface area (Å²) in [5.74, 6) is -1.35. The van der Waals surface area contributed by atoms with Gasteiger partial charge in [-0.25, -0.2) is 18.6 Å². The Kier molecular flexibility index (Phi) is 3.35. The van der Waals surface area contributed by atoms with E-state index in [2.05, 4.69) is 4.98 Å². The first-order valence-electron chi connectivity index (χ1n) is 3.61. The predicted octanol–water partition coefficient (Wildman–Crippen LogP) is 2.63. The molecule has 14 heavy (non-hydrogen) atoms. The first-order valence-corrected chi connectivity index (χ1v) is 4.69. The van der Waals surface area contributed by atoms with E-state index in [1.54, 1.807) is 22.6 Å². The van der Waals surface area contributed by atoms with Gasteiger partial charge in [0.05, 0.1) is 11.1 Å². The van der Waals surface area contributed by atoms with E-state index in [9.17, 15) is 13.6 Å². The largest absolute Gasteiger partial charge is 0.478 e. The van der Waals surface area contributed by atoms with E-state index in [4.69, 9.17) is 5.11 Å². The second-order valence-electron chi connectivity index (χ2n) is 2.61. The van der Waals surface area contributed by atoms with Crippen LogP contribution in [0.3, 0.4) is 0 Å². The molecule has 0 bridgehead atoms. The fourth-order valence-corrected chi connectivity index (χ4v) is 1.47. The summed E-state index contributed by atoms with van der Waals surface area (Å²) >= 11 is 1.80. The van der Waals surface area contributed by atoms with E-state index in [1.165, 1.54) is 6.92 Å². The van der Waals surface area contributed by atoms with Gasteiger partial charge in [0, 0.05) is 6.20 Å². The van der Waals surface area contributed by atoms with E-state index >= 15 is 0 Å². The van der Waals surface area contributed by atoms with Crippen molar-refractivity contribution in [3.05, 3.63) is 26.6 Å². The molecule has 1 heterocycles. The Bertz CT molecular complexity index is 382. The van der Waals surface area contributed by atoms with Gasteiger partial charge in [-0.3, -0.25) is 0 Å². The molecule has 0 aliphatic rings. The molecule has 6 heteroatoms. The minimum atomic E-state index is -2.82. The highest BCUT2D eigenvalue weighted by Crippen LogP contribution is 2.26. The third-order valence-corrected chi connectivity index (χ3v) is 2.83. The summed E-state index contributed by atoms with van der Waals surface area (Å²) in [5.41, 5.74) is -0.606. The fourth-order valence-electron chi connectivity index (χ4n) is 1.06. The molecule has 0 unspecified atom stereocenters. The summed E-state index contributed by atoms with van der Waals surface area (Å²) < 4.78 is 25.2. The van der Waals surface area contributed by atoms with Crippen LogP contribution < -0.4 is 0 Å². The zero-order valence-corrected chi connectivity index (χ0v) is 9.25. The zero-order valence-electron chi connectivity index (χ0n) is 7.09. The average Bonchev–Trinajstić information content (AvgIpc) is 2.08. The summed E-state index contributed by atoms with van der Waals surface area (Å²) in [4.78, 5) is 14.4. The normalized spacial score (nSPS) is 10.6. The van der Waals surface area contributed by atoms with Gasteiger partial charge in [-0.15, -0.1) is 0 Å². The Hall–Kier alpha value is -0.790. The zero-order chi connectivity index (χ0) is 10.9. The Balaban J connectivity index is 3.45. The van der Waals surface area contributed by atoms with Gasteiger partial charge in [-0.1, -0.05) is 0 Å². The van der Waals surface area contributed by atoms with Crippen LogP contribution >= 0.6 is 22.6 Å². The highest BCUT2D eigenvalue weighted by atomic mass is 127. The predicted molar refractivity (Wildman–Crippen MR) is 53.6 cm³/mol. The monoisotopic (exact) mass is 313 g/mol. The maximum Gasteiger partial charge on any atom is 0.336 e. The van der Waals surface area contributed by atoms with Gasteiger partial charge < -0.3 is 5.11 Å². The smallest absolute Gasteiger partial charge is 0.336 e. The first kappa shape index (κ1) is 11.3. The SMILES string of the molecule is Cc1c(I)ncc(C(F)F)c1C(=O)O. The molecule has 0 aliphatic heterocycles. The molecule has 0 spiro atoms. The summed E-state index contributed by atoms with van der Waals surface area (Å²) in [6.07, 6.45) is -1.91. The van der Waals surface area contributed by atoms with E-state index in [0.29, 0.717) is 3.70 Å². The lowest BCUT2D eigenvalue weighted by molar-refractivity contribution is 0.0683. The number of pyridine rings is 1. The molecule has 0 fully saturated rings. The second-order valence-corrected chi connectivity index (χ2v) is 3.63. The van der Waals surface area contributed by atoms with Crippen molar-refractivity contribution in [1.82, 2.24) is 4.98 Å². The third-order valence-electron chi connectivity index (χ3n) is 1.74. The molecule has 0 saturated heterocycles. The van der Waals surface area contributed by atoms with E-state index < -0.39 is 18.0 Å². The van der Waals surface area contributed by atoms with Gasteiger partial charge in [-0.2, -0.15) is 0 Å². The highest BCUT2D eigenvalue weighted by Gasteiger charge is 2.21. The van der Waals surface area contributed by atoms with Gasteiger partial charge in [0.25, 0.3) is 6.43 Å². The van der Waals surface area contributed by atoms with Gasteiger partial charge >= 0.3 is 5.97 Å². The van der Waals surface area contributed by atoms with Crippen molar-refractivity contribution in [2.75, 3.05) is 0 Å². The van der Waals surface area contributed by atoms with E-state index in [1.807, 2.05) is 0 Å². The molecular formula is C8H6F2INO2. The lowest BCUT2D eigenvalue weighted by Gasteiger charge is -2.08. The number of carboxylic acids is 1. The standard InChI is InChI=1S/C8H6F2INO2/c1-3-5(8(13)14)4(6(9)10)2-12-7(3)11/h2,6H,1H3,(H,13,14). The number of carbonyl (C=O) groups is 1. The molecule has 0 aromatic carbocycles. The van der Waals surface area contributed by atoms with Crippen molar-refractivity contribution < 1.29 is 18.7 Å². The van der Waals surface area contributed by atoms with Crippen molar-refractivity contribution in [3.63, 3.8) is 0 Å². The number of rotatable bonds is 2. The average molecular weight is 313 g/mol. The van der Waals surface area contributed by atoms with Crippen molar-refractivity contribution in [2.45, 2.75) is 13.3 Å². The van der Waals surface area contributed by atoms with Crippen LogP contribution in [-0.2, 0) is 0 Å². The molecule has 3 nitrogen and oxygen atoms in total. The number of aromatic nitrogens is 1. The molecule has 0 saturated carbocycles. The van der Waals surface area contributed by atoms with Crippen LogP contribution in [0.1, 0.15) is 27.9 Å². The van der Waals surface area contributed by atoms with Crippen molar-refractivity contribution in [1.29, 1.82) is 0 Å². The van der Waals surface area contributed by atoms with Gasteiger partial charge in [0.2, 0.25) is 0 Å². The molecule has 1 aromatic rings. The Labute approximate surface area is 92.3 Å². The third kappa shape index (κ3) is 1.99. The van der Waals surface area contributed by atoms with Crippen LogP contribution in [-0.4, -0.2) is 16.1 Å². The van der Waals surface area contributed by atoms with Gasteiger partial charge in [0.1, 0.15) is 3.70 Å². The highest BCUT2D eigenvalue weighted by molar-refractivity contribution is 14.1. The second kappa shape index (κ2) is 4.16. The summed E-state index contributed by atoms with van der Waals surface area (Å²) in [6, 6.07) is 0. The number of halogens is 3. The molecule has 0 amide bonds. The molecule has 1 N–H and O–H groups in total. The van der Waals surface area contributed by atoms with Crippen LogP contribution in [0.5, 0.6) is 0 Å². The molecule has 76 valence electrons. The Morgan fingerprint density at radius 1 is 1.64 bits per heavy atom. The maximum absolute atomic E-state index is 12.4. The number of hydrogen-bond acceptors (Lipinski definition) is 2. The van der Waals surface area contributed by atoms with Crippen LogP contribution in [0.25, 0.3) is 0 Å². The van der Waals surface area contributed by atoms with Crippen molar-refractivity contribution in [2.24, 2.45) is 0 Å². The van der Waals surface area contributed by atoms with Crippen molar-refractivity contribution >= 4 is 28.6 Å². The van der Waals surface area contributed by atoms with Crippen LogP contribution in [0.4, 0.5) is 8.78 Å². The number of aromatic carboxylic acids is 1. The summed E-state index contributed by atoms with van der Waals surface area (Å²) in [5, 5.41) is 8.76. The number of carboxylic acid groups (broad SMARTS) is 1. The fraction of sp³-hybridized carbons (Fsp3) is 0.250. The summed E-state index contributed by atoms with van der Waals surface area (Å²) in [6.45, 7) is 1.46. The molecule has 1 aromatic heterocycles. The van der Waals surface area contributed by atoms with Crippen molar-refractivity contribution in [3.8, 4) is 0 Å². The maximum atomic E-state index is 12.4. The van der Waals surface area contributed by atoms with E-state index in [0.717, 1.165) is 6.20 Å². The van der Waals surface area contributed by atoms with Crippen LogP contribution in [0, 0.1) is 10.6 Å². The lowest BCUT2D eigenvalue weighted by Crippen LogP contribution is -2.08. The van der Waals surface area contributed by atoms with Crippen LogP contribution in [0.15, 0.2) is 6.20 Å². The van der Waals surface area contributed by atoms with Crippen LogP contribution in [0.2, 0.25) is 0 Å². The minimum absolute atomic E-state index is 0.274. The number of nitrogens with zero attached hydrogens (tertiary/aromatic N) is 1. The first-order chi connectivity index (χ1) is 6.45. The Morgan fingerprint density at radius 3 is 2.64 bits per heavy atom. The Morgan fingerprint density at radius 2 is 2.21 bits per heavy atom. The molecule has 1 rings (SSSR count). The summed E-state index contributed by atoms with van der Waals surface area (Å²) in [7, 11) is 0. The number of alkyl halides is 2. The molecule has 0 atom stereocenters. The topological polar surface area (TPSA) is 50.2 Å². The number of hydrogen-bond donors (Lipinski definition) is 1. The minimum Gasteiger partial charge on any atom is -0.478 e. The quantitative estimate of drug-likeness (QED) is 0.674. The molecule has 0 radical (unpaired) electrons. The molecular weight excluding hydrogens is 307 g/mol. The molecule has 0 aliphatic carbocycles. The van der Waals surface area contributed by atoms with Gasteiger partial charge in [-0.05, 0) is 35.1 Å². The lowest BCUT2D eigenvalue weighted by atomic mass is 10.1.